The zero-order chi connectivity index (χ0) is 13.0. The molecule has 0 bridgehead atoms. The molecule has 94 valence electrons. The highest BCUT2D eigenvalue weighted by molar-refractivity contribution is 5.40. The van der Waals surface area contributed by atoms with Crippen LogP contribution in [-0.4, -0.2) is 15.1 Å². The molecule has 2 aromatic rings. The zero-order valence-corrected chi connectivity index (χ0v) is 9.17. The smallest absolute Gasteiger partial charge is 0.274 e. The Hall–Kier alpha value is -2.35. The maximum atomic E-state index is 13.0. The molecule has 1 aromatic heterocycles. The zero-order valence-electron chi connectivity index (χ0n) is 9.17. The predicted octanol–water partition coefficient (Wildman–Crippen LogP) is 1.41. The van der Waals surface area contributed by atoms with Crippen molar-refractivity contribution in [3.05, 3.63) is 51.9 Å². The lowest BCUT2D eigenvalue weighted by Crippen LogP contribution is -2.15. The van der Waals surface area contributed by atoms with Crippen molar-refractivity contribution in [1.82, 2.24) is 15.5 Å². The first-order valence-electron chi connectivity index (χ1n) is 5.05. The van der Waals surface area contributed by atoms with Gasteiger partial charge in [-0.25, -0.2) is 4.39 Å². The van der Waals surface area contributed by atoms with Crippen LogP contribution in [0.1, 0.15) is 11.4 Å². The molecule has 8 heteroatoms. The van der Waals surface area contributed by atoms with Gasteiger partial charge in [0, 0.05) is 18.2 Å². The largest absolute Gasteiger partial charge is 0.343 e. The summed E-state index contributed by atoms with van der Waals surface area (Å²) in [5, 5.41) is 17.2. The monoisotopic (exact) mass is 252 g/mol. The fourth-order valence-corrected chi connectivity index (χ4v) is 1.45. The maximum absolute atomic E-state index is 13.0. The minimum Gasteiger partial charge on any atom is -0.343 e. The number of nitrogens with one attached hydrogen (secondary N) is 1. The molecule has 0 aliphatic carbocycles. The SMILES string of the molecule is O=[N+]([O-])c1ccc(F)cc1CNCc1ncon1. The van der Waals surface area contributed by atoms with Crippen LogP contribution in [0.25, 0.3) is 0 Å². The molecular weight excluding hydrogens is 243 g/mol. The highest BCUT2D eigenvalue weighted by atomic mass is 19.1. The van der Waals surface area contributed by atoms with Crippen LogP contribution in [0.3, 0.4) is 0 Å². The Bertz CT molecular complexity index is 544. The molecule has 0 aliphatic heterocycles. The van der Waals surface area contributed by atoms with Gasteiger partial charge in [-0.3, -0.25) is 10.1 Å². The van der Waals surface area contributed by atoms with Crippen molar-refractivity contribution in [3.8, 4) is 0 Å². The van der Waals surface area contributed by atoms with E-state index >= 15 is 0 Å². The van der Waals surface area contributed by atoms with Gasteiger partial charge in [-0.2, -0.15) is 4.98 Å². The Morgan fingerprint density at radius 3 is 2.94 bits per heavy atom. The second kappa shape index (κ2) is 5.32. The van der Waals surface area contributed by atoms with Crippen LogP contribution in [0, 0.1) is 15.9 Å². The van der Waals surface area contributed by atoms with E-state index in [0.717, 1.165) is 18.2 Å². The Morgan fingerprint density at radius 2 is 2.28 bits per heavy atom. The third-order valence-electron chi connectivity index (χ3n) is 2.24. The summed E-state index contributed by atoms with van der Waals surface area (Å²) in [6.07, 6.45) is 1.18. The molecule has 18 heavy (non-hydrogen) atoms. The summed E-state index contributed by atoms with van der Waals surface area (Å²) < 4.78 is 17.6. The number of hydrogen-bond donors (Lipinski definition) is 1. The summed E-state index contributed by atoms with van der Waals surface area (Å²) in [4.78, 5) is 14.0. The number of nitro groups is 1. The molecule has 0 fully saturated rings. The number of nitrogens with zero attached hydrogens (tertiary/aromatic N) is 3. The van der Waals surface area contributed by atoms with E-state index in [2.05, 4.69) is 20.0 Å². The van der Waals surface area contributed by atoms with Gasteiger partial charge in [-0.1, -0.05) is 5.16 Å². The van der Waals surface area contributed by atoms with Gasteiger partial charge < -0.3 is 9.84 Å². The second-order valence-corrected chi connectivity index (χ2v) is 3.48. The van der Waals surface area contributed by atoms with Crippen LogP contribution in [-0.2, 0) is 13.1 Å². The lowest BCUT2D eigenvalue weighted by atomic mass is 10.1. The van der Waals surface area contributed by atoms with Crippen LogP contribution >= 0.6 is 0 Å². The van der Waals surface area contributed by atoms with Crippen molar-refractivity contribution in [2.45, 2.75) is 13.1 Å². The molecule has 1 N–H and O–H groups in total. The average molecular weight is 252 g/mol. The average Bonchev–Trinajstić information content (AvgIpc) is 2.82. The van der Waals surface area contributed by atoms with E-state index in [1.54, 1.807) is 0 Å². The van der Waals surface area contributed by atoms with Crippen LogP contribution < -0.4 is 5.32 Å². The molecule has 2 rings (SSSR count). The lowest BCUT2D eigenvalue weighted by molar-refractivity contribution is -0.385. The minimum absolute atomic E-state index is 0.128. The number of hydrogen-bond acceptors (Lipinski definition) is 6. The third-order valence-corrected chi connectivity index (χ3v) is 2.24. The molecule has 0 atom stereocenters. The Balaban J connectivity index is 2.03. The molecule has 0 amide bonds. The van der Waals surface area contributed by atoms with Crippen LogP contribution in [0.5, 0.6) is 0 Å². The van der Waals surface area contributed by atoms with E-state index in [9.17, 15) is 14.5 Å². The molecule has 0 aliphatic rings. The number of benzene rings is 1. The molecule has 0 saturated carbocycles. The van der Waals surface area contributed by atoms with Gasteiger partial charge in [0.05, 0.1) is 11.5 Å². The highest BCUT2D eigenvalue weighted by Crippen LogP contribution is 2.19. The van der Waals surface area contributed by atoms with Gasteiger partial charge in [0.1, 0.15) is 5.82 Å². The molecule has 0 saturated heterocycles. The van der Waals surface area contributed by atoms with Crippen molar-refractivity contribution in [3.63, 3.8) is 0 Å². The van der Waals surface area contributed by atoms with Crippen molar-refractivity contribution in [1.29, 1.82) is 0 Å². The second-order valence-electron chi connectivity index (χ2n) is 3.48. The quantitative estimate of drug-likeness (QED) is 0.638. The fraction of sp³-hybridized carbons (Fsp3) is 0.200. The fourth-order valence-electron chi connectivity index (χ4n) is 1.45. The first-order valence-corrected chi connectivity index (χ1v) is 5.05. The van der Waals surface area contributed by atoms with Crippen molar-refractivity contribution in [2.75, 3.05) is 0 Å². The maximum Gasteiger partial charge on any atom is 0.274 e. The summed E-state index contributed by atoms with van der Waals surface area (Å²) in [7, 11) is 0. The number of rotatable bonds is 5. The van der Waals surface area contributed by atoms with Crippen molar-refractivity contribution >= 4 is 5.69 Å². The van der Waals surface area contributed by atoms with Crippen LogP contribution in [0.15, 0.2) is 29.1 Å². The number of halogens is 1. The van der Waals surface area contributed by atoms with Crippen molar-refractivity contribution < 1.29 is 13.8 Å². The van der Waals surface area contributed by atoms with Crippen LogP contribution in [0.4, 0.5) is 10.1 Å². The molecule has 7 nitrogen and oxygen atoms in total. The van der Waals surface area contributed by atoms with Gasteiger partial charge in [0.25, 0.3) is 5.69 Å². The Morgan fingerprint density at radius 1 is 1.44 bits per heavy atom. The van der Waals surface area contributed by atoms with Crippen LogP contribution in [0.2, 0.25) is 0 Å². The van der Waals surface area contributed by atoms with E-state index in [-0.39, 0.29) is 24.3 Å². The molecule has 1 heterocycles. The van der Waals surface area contributed by atoms with E-state index in [0.29, 0.717) is 5.82 Å². The minimum atomic E-state index is -0.551. The van der Waals surface area contributed by atoms with E-state index in [4.69, 9.17) is 0 Å². The first kappa shape index (κ1) is 12.1. The standard InChI is InChI=1S/C10H9FN4O3/c11-8-1-2-9(15(16)17)7(3-8)4-12-5-10-13-6-18-14-10/h1-3,6,12H,4-5H2. The third kappa shape index (κ3) is 2.86. The lowest BCUT2D eigenvalue weighted by Gasteiger charge is -2.03. The molecule has 1 aromatic carbocycles. The first-order chi connectivity index (χ1) is 8.66. The summed E-state index contributed by atoms with van der Waals surface area (Å²) in [5.74, 6) is -0.0917. The Labute approximate surface area is 101 Å². The number of aromatic nitrogens is 2. The Kier molecular flexibility index (Phi) is 3.58. The van der Waals surface area contributed by atoms with E-state index in [1.165, 1.54) is 6.39 Å². The van der Waals surface area contributed by atoms with E-state index in [1.807, 2.05) is 0 Å². The molecule has 0 radical (unpaired) electrons. The normalized spacial score (nSPS) is 10.5. The molecule has 0 unspecified atom stereocenters. The summed E-state index contributed by atoms with van der Waals surface area (Å²) in [6.45, 7) is 0.423. The highest BCUT2D eigenvalue weighted by Gasteiger charge is 2.14. The van der Waals surface area contributed by atoms with Gasteiger partial charge in [0.2, 0.25) is 6.39 Å². The summed E-state index contributed by atoms with van der Waals surface area (Å²) in [6, 6.07) is 3.32. The van der Waals surface area contributed by atoms with E-state index < -0.39 is 10.7 Å². The summed E-state index contributed by atoms with van der Waals surface area (Å²) >= 11 is 0. The predicted molar refractivity (Wildman–Crippen MR) is 57.9 cm³/mol. The topological polar surface area (TPSA) is 94.1 Å². The van der Waals surface area contributed by atoms with Gasteiger partial charge in [-0.15, -0.1) is 0 Å². The van der Waals surface area contributed by atoms with Gasteiger partial charge in [0.15, 0.2) is 5.82 Å². The molecular formula is C10H9FN4O3. The number of nitro benzene ring substituents is 1. The molecule has 0 spiro atoms. The van der Waals surface area contributed by atoms with Crippen molar-refractivity contribution in [2.24, 2.45) is 0 Å². The summed E-state index contributed by atoms with van der Waals surface area (Å²) in [5.41, 5.74) is 0.139. The van der Waals surface area contributed by atoms with Gasteiger partial charge in [-0.05, 0) is 12.1 Å². The van der Waals surface area contributed by atoms with Gasteiger partial charge >= 0.3 is 0 Å².